The zero-order chi connectivity index (χ0) is 17.1. The molecule has 3 rings (SSSR count). The minimum absolute atomic E-state index is 0. The number of pyridine rings is 1. The number of rotatable bonds is 3. The number of nitrogens with zero attached hydrogens (tertiary/aromatic N) is 1. The fourth-order valence-corrected chi connectivity index (χ4v) is 2.83. The number of carbonyl (C=O) groups excluding carboxylic acids is 1. The maximum atomic E-state index is 12.9. The Morgan fingerprint density at radius 1 is 1.44 bits per heavy atom. The average Bonchev–Trinajstić information content (AvgIpc) is 2.57. The molecular formula is C17H19ClFN3O3. The highest BCUT2D eigenvalue weighted by Crippen LogP contribution is 2.23. The Kier molecular flexibility index (Phi) is 6.27. The number of amides is 1. The first-order chi connectivity index (χ1) is 11.5. The highest BCUT2D eigenvalue weighted by Gasteiger charge is 2.22. The molecule has 0 spiro atoms. The molecule has 1 aliphatic rings. The smallest absolute Gasteiger partial charge is 0.349 e. The largest absolute Gasteiger partial charge is 0.427 e. The van der Waals surface area contributed by atoms with Gasteiger partial charge >= 0.3 is 5.63 Å². The van der Waals surface area contributed by atoms with E-state index in [1.165, 1.54) is 12.1 Å². The number of piperidine rings is 1. The molecule has 6 nitrogen and oxygen atoms in total. The number of aromatic nitrogens is 1. The van der Waals surface area contributed by atoms with Crippen molar-refractivity contribution in [1.29, 1.82) is 0 Å². The van der Waals surface area contributed by atoms with Gasteiger partial charge in [-0.3, -0.25) is 4.79 Å². The lowest BCUT2D eigenvalue weighted by Gasteiger charge is -2.22. The molecule has 8 heteroatoms. The fourth-order valence-electron chi connectivity index (χ4n) is 2.83. The standard InChI is InChI=1S/C17H18FN3O3.ClH/c1-10-7-13(11-3-2-6-19-8-11)24-17(23)15(10)16(22)21-14-5-4-12(18)9-20-14;/h4-5,7,9,11,19H,2-3,6,8H2,1H3,(H,20,21,22);1H. The molecule has 0 bridgehead atoms. The summed E-state index contributed by atoms with van der Waals surface area (Å²) in [5, 5.41) is 5.74. The molecule has 25 heavy (non-hydrogen) atoms. The van der Waals surface area contributed by atoms with Crippen LogP contribution in [-0.2, 0) is 0 Å². The van der Waals surface area contributed by atoms with Gasteiger partial charge in [-0.05, 0) is 50.1 Å². The summed E-state index contributed by atoms with van der Waals surface area (Å²) in [4.78, 5) is 28.3. The second-order valence-corrected chi connectivity index (χ2v) is 5.85. The van der Waals surface area contributed by atoms with Crippen LogP contribution >= 0.6 is 12.4 Å². The molecule has 134 valence electrons. The van der Waals surface area contributed by atoms with Crippen LogP contribution in [0.4, 0.5) is 10.2 Å². The van der Waals surface area contributed by atoms with Gasteiger partial charge in [0.05, 0.1) is 6.20 Å². The zero-order valence-corrected chi connectivity index (χ0v) is 14.5. The van der Waals surface area contributed by atoms with Crippen molar-refractivity contribution in [3.8, 4) is 0 Å². The van der Waals surface area contributed by atoms with Crippen LogP contribution in [0.15, 0.2) is 33.6 Å². The lowest BCUT2D eigenvalue weighted by Crippen LogP contribution is -2.30. The Bertz CT molecular complexity index is 802. The van der Waals surface area contributed by atoms with Gasteiger partial charge in [0, 0.05) is 12.5 Å². The fraction of sp³-hybridized carbons (Fsp3) is 0.353. The first-order valence-electron chi connectivity index (χ1n) is 7.83. The monoisotopic (exact) mass is 367 g/mol. The molecule has 0 saturated carbocycles. The van der Waals surface area contributed by atoms with Crippen molar-refractivity contribution in [2.45, 2.75) is 25.7 Å². The van der Waals surface area contributed by atoms with E-state index in [4.69, 9.17) is 4.42 Å². The summed E-state index contributed by atoms with van der Waals surface area (Å²) in [6.45, 7) is 3.42. The van der Waals surface area contributed by atoms with Gasteiger partial charge in [-0.1, -0.05) is 0 Å². The van der Waals surface area contributed by atoms with Gasteiger partial charge in [0.15, 0.2) is 0 Å². The topological polar surface area (TPSA) is 84.2 Å². The van der Waals surface area contributed by atoms with E-state index < -0.39 is 17.3 Å². The third kappa shape index (κ3) is 4.43. The van der Waals surface area contributed by atoms with Crippen LogP contribution in [0, 0.1) is 12.7 Å². The third-order valence-corrected chi connectivity index (χ3v) is 4.06. The molecule has 2 aromatic heterocycles. The van der Waals surface area contributed by atoms with Crippen LogP contribution in [-0.4, -0.2) is 24.0 Å². The second kappa shape index (κ2) is 8.22. The third-order valence-electron chi connectivity index (χ3n) is 4.06. The number of carbonyl (C=O) groups is 1. The van der Waals surface area contributed by atoms with E-state index in [9.17, 15) is 14.0 Å². The molecule has 1 aliphatic heterocycles. The number of hydrogen-bond donors (Lipinski definition) is 2. The van der Waals surface area contributed by atoms with Crippen molar-refractivity contribution in [2.24, 2.45) is 0 Å². The Balaban J connectivity index is 0.00000225. The van der Waals surface area contributed by atoms with E-state index in [1.807, 2.05) is 0 Å². The quantitative estimate of drug-likeness (QED) is 0.871. The minimum atomic E-state index is -0.671. The van der Waals surface area contributed by atoms with Gasteiger partial charge in [-0.25, -0.2) is 14.2 Å². The first-order valence-corrected chi connectivity index (χ1v) is 7.83. The summed E-state index contributed by atoms with van der Waals surface area (Å²) in [7, 11) is 0. The summed E-state index contributed by atoms with van der Waals surface area (Å²) in [5.74, 6) is -0.217. The van der Waals surface area contributed by atoms with E-state index in [0.717, 1.165) is 32.1 Å². The molecule has 1 fully saturated rings. The van der Waals surface area contributed by atoms with Crippen molar-refractivity contribution < 1.29 is 13.6 Å². The summed E-state index contributed by atoms with van der Waals surface area (Å²) in [5.41, 5.74) is -0.185. The Hall–Kier alpha value is -2.25. The van der Waals surface area contributed by atoms with Crippen LogP contribution in [0.25, 0.3) is 0 Å². The van der Waals surface area contributed by atoms with Crippen LogP contribution in [0.2, 0.25) is 0 Å². The number of halogens is 2. The molecular weight excluding hydrogens is 349 g/mol. The SMILES string of the molecule is Cc1cc(C2CCCNC2)oc(=O)c1C(=O)Nc1ccc(F)cn1.Cl. The lowest BCUT2D eigenvalue weighted by molar-refractivity contribution is 0.102. The average molecular weight is 368 g/mol. The maximum Gasteiger partial charge on any atom is 0.349 e. The van der Waals surface area contributed by atoms with Gasteiger partial charge in [0.1, 0.15) is 23.0 Å². The van der Waals surface area contributed by atoms with E-state index in [-0.39, 0.29) is 29.7 Å². The van der Waals surface area contributed by atoms with Crippen LogP contribution in [0.5, 0.6) is 0 Å². The molecule has 1 saturated heterocycles. The van der Waals surface area contributed by atoms with Crippen molar-refractivity contribution >= 4 is 24.1 Å². The van der Waals surface area contributed by atoms with Gasteiger partial charge in [0.25, 0.3) is 5.91 Å². The molecule has 0 aromatic carbocycles. The van der Waals surface area contributed by atoms with Gasteiger partial charge in [-0.2, -0.15) is 0 Å². The second-order valence-electron chi connectivity index (χ2n) is 5.85. The molecule has 0 aliphatic carbocycles. The van der Waals surface area contributed by atoms with E-state index in [1.54, 1.807) is 13.0 Å². The molecule has 1 atom stereocenters. The molecule has 2 aromatic rings. The predicted molar refractivity (Wildman–Crippen MR) is 94.0 cm³/mol. The van der Waals surface area contributed by atoms with E-state index in [0.29, 0.717) is 11.3 Å². The van der Waals surface area contributed by atoms with Crippen molar-refractivity contribution in [1.82, 2.24) is 10.3 Å². The Morgan fingerprint density at radius 2 is 2.24 bits per heavy atom. The van der Waals surface area contributed by atoms with Gasteiger partial charge in [0.2, 0.25) is 0 Å². The molecule has 2 N–H and O–H groups in total. The van der Waals surface area contributed by atoms with Gasteiger partial charge < -0.3 is 15.1 Å². The predicted octanol–water partition coefficient (Wildman–Crippen LogP) is 2.62. The van der Waals surface area contributed by atoms with Crippen LogP contribution in [0.1, 0.15) is 40.4 Å². The van der Waals surface area contributed by atoms with E-state index >= 15 is 0 Å². The summed E-state index contributed by atoms with van der Waals surface area (Å²) in [6.07, 6.45) is 2.95. The summed E-state index contributed by atoms with van der Waals surface area (Å²) < 4.78 is 18.2. The molecule has 1 unspecified atom stereocenters. The Morgan fingerprint density at radius 3 is 2.84 bits per heavy atom. The molecule has 3 heterocycles. The highest BCUT2D eigenvalue weighted by molar-refractivity contribution is 6.04. The Labute approximate surface area is 150 Å². The highest BCUT2D eigenvalue weighted by atomic mass is 35.5. The van der Waals surface area contributed by atoms with Crippen LogP contribution < -0.4 is 16.3 Å². The first kappa shape index (κ1) is 19.1. The minimum Gasteiger partial charge on any atom is -0.427 e. The summed E-state index contributed by atoms with van der Waals surface area (Å²) >= 11 is 0. The zero-order valence-electron chi connectivity index (χ0n) is 13.7. The number of aryl methyl sites for hydroxylation is 1. The maximum absolute atomic E-state index is 12.9. The molecule has 0 radical (unpaired) electrons. The van der Waals surface area contributed by atoms with Crippen LogP contribution in [0.3, 0.4) is 0 Å². The lowest BCUT2D eigenvalue weighted by atomic mass is 9.95. The van der Waals surface area contributed by atoms with Gasteiger partial charge in [-0.15, -0.1) is 12.4 Å². The number of anilines is 1. The van der Waals surface area contributed by atoms with Crippen molar-refractivity contribution in [2.75, 3.05) is 18.4 Å². The number of nitrogens with one attached hydrogen (secondary N) is 2. The number of hydrogen-bond acceptors (Lipinski definition) is 5. The van der Waals surface area contributed by atoms with Crippen molar-refractivity contribution in [3.63, 3.8) is 0 Å². The molecule has 1 amide bonds. The summed E-state index contributed by atoms with van der Waals surface area (Å²) in [6, 6.07) is 4.25. The normalized spacial score (nSPS) is 16.8. The van der Waals surface area contributed by atoms with Crippen molar-refractivity contribution in [3.05, 3.63) is 57.5 Å². The van der Waals surface area contributed by atoms with E-state index in [2.05, 4.69) is 15.6 Å².